The lowest BCUT2D eigenvalue weighted by Gasteiger charge is -2.13. The summed E-state index contributed by atoms with van der Waals surface area (Å²) in [6, 6.07) is 2.15. The molecule has 4 heteroatoms. The Kier molecular flexibility index (Phi) is 5.21. The monoisotopic (exact) mass is 265 g/mol. The van der Waals surface area contributed by atoms with Gasteiger partial charge in [-0.1, -0.05) is 11.8 Å². The van der Waals surface area contributed by atoms with E-state index in [4.69, 9.17) is 9.84 Å². The fourth-order valence-electron chi connectivity index (χ4n) is 2.10. The number of aliphatic hydroxyl groups excluding tert-OH is 1. The van der Waals surface area contributed by atoms with E-state index in [1.54, 1.807) is 18.4 Å². The fourth-order valence-corrected chi connectivity index (χ4v) is 2.96. The molecule has 1 aliphatic heterocycles. The van der Waals surface area contributed by atoms with Crippen molar-refractivity contribution in [2.24, 2.45) is 0 Å². The summed E-state index contributed by atoms with van der Waals surface area (Å²) in [5, 5.41) is 10.8. The Morgan fingerprint density at radius 1 is 1.61 bits per heavy atom. The van der Waals surface area contributed by atoms with Crippen LogP contribution >= 0.6 is 11.3 Å². The highest BCUT2D eigenvalue weighted by atomic mass is 32.1. The van der Waals surface area contributed by atoms with Gasteiger partial charge in [-0.2, -0.15) is 0 Å². The van der Waals surface area contributed by atoms with Crippen LogP contribution in [-0.4, -0.2) is 42.9 Å². The van der Waals surface area contributed by atoms with Crippen molar-refractivity contribution in [3.8, 4) is 11.8 Å². The molecule has 0 aliphatic carbocycles. The van der Waals surface area contributed by atoms with Crippen LogP contribution in [0.3, 0.4) is 0 Å². The third-order valence-electron chi connectivity index (χ3n) is 3.07. The smallest absolute Gasteiger partial charge is 0.0710 e. The first kappa shape index (κ1) is 13.6. The molecule has 98 valence electrons. The average Bonchev–Trinajstić information content (AvgIpc) is 3.00. The van der Waals surface area contributed by atoms with Gasteiger partial charge in [0.1, 0.15) is 0 Å². The van der Waals surface area contributed by atoms with Crippen LogP contribution in [0.4, 0.5) is 0 Å². The topological polar surface area (TPSA) is 32.7 Å². The van der Waals surface area contributed by atoms with E-state index in [0.717, 1.165) is 31.6 Å². The Morgan fingerprint density at radius 2 is 2.50 bits per heavy atom. The molecule has 2 heterocycles. The predicted octanol–water partition coefficient (Wildman–Crippen LogP) is 1.70. The van der Waals surface area contributed by atoms with Gasteiger partial charge >= 0.3 is 0 Å². The molecule has 3 nitrogen and oxygen atoms in total. The Labute approximate surface area is 112 Å². The summed E-state index contributed by atoms with van der Waals surface area (Å²) in [5.74, 6) is 6.02. The van der Waals surface area contributed by atoms with Gasteiger partial charge < -0.3 is 9.84 Å². The zero-order valence-corrected chi connectivity index (χ0v) is 11.5. The lowest BCUT2D eigenvalue weighted by Crippen LogP contribution is -2.21. The number of hydrogen-bond acceptors (Lipinski definition) is 4. The molecule has 1 aromatic rings. The van der Waals surface area contributed by atoms with Gasteiger partial charge in [-0.3, -0.25) is 4.90 Å². The van der Waals surface area contributed by atoms with E-state index in [2.05, 4.69) is 28.2 Å². The highest BCUT2D eigenvalue weighted by Gasteiger charge is 2.22. The molecule has 18 heavy (non-hydrogen) atoms. The molecule has 0 bridgehead atoms. The number of nitrogens with zero attached hydrogens (tertiary/aromatic N) is 1. The lowest BCUT2D eigenvalue weighted by molar-refractivity contribution is 0.107. The predicted molar refractivity (Wildman–Crippen MR) is 73.6 cm³/mol. The SMILES string of the molecule is COC1CCN(Cc2cc(C#CCCO)cs2)C1. The minimum absolute atomic E-state index is 0.135. The van der Waals surface area contributed by atoms with Gasteiger partial charge in [0, 0.05) is 49.0 Å². The van der Waals surface area contributed by atoms with Crippen molar-refractivity contribution in [2.75, 3.05) is 26.8 Å². The van der Waals surface area contributed by atoms with E-state index >= 15 is 0 Å². The number of methoxy groups -OCH3 is 1. The van der Waals surface area contributed by atoms with Crippen LogP contribution in [0.1, 0.15) is 23.3 Å². The summed E-state index contributed by atoms with van der Waals surface area (Å²) < 4.78 is 5.37. The van der Waals surface area contributed by atoms with E-state index in [0.29, 0.717) is 12.5 Å². The normalized spacial score (nSPS) is 19.8. The van der Waals surface area contributed by atoms with E-state index in [1.807, 2.05) is 0 Å². The summed E-state index contributed by atoms with van der Waals surface area (Å²) in [6.45, 7) is 3.27. The Morgan fingerprint density at radius 3 is 3.22 bits per heavy atom. The number of likely N-dealkylation sites (tertiary alicyclic amines) is 1. The third kappa shape index (κ3) is 3.82. The van der Waals surface area contributed by atoms with Crippen LogP contribution in [0, 0.1) is 11.8 Å². The molecule has 2 rings (SSSR count). The molecule has 0 saturated carbocycles. The summed E-state index contributed by atoms with van der Waals surface area (Å²) in [6.07, 6.45) is 2.08. The summed E-state index contributed by atoms with van der Waals surface area (Å²) in [7, 11) is 1.79. The summed E-state index contributed by atoms with van der Waals surface area (Å²) >= 11 is 1.76. The van der Waals surface area contributed by atoms with Crippen molar-refractivity contribution < 1.29 is 9.84 Å². The standard InChI is InChI=1S/C14H19NO2S/c1-17-13-5-6-15(9-13)10-14-8-12(11-18-14)4-2-3-7-16/h8,11,13,16H,3,5-7,9-10H2,1H3. The highest BCUT2D eigenvalue weighted by molar-refractivity contribution is 7.10. The maximum atomic E-state index is 8.67. The van der Waals surface area contributed by atoms with Crippen molar-refractivity contribution >= 4 is 11.3 Å². The molecule has 0 spiro atoms. The van der Waals surface area contributed by atoms with Gasteiger partial charge in [-0.25, -0.2) is 0 Å². The van der Waals surface area contributed by atoms with Crippen LogP contribution < -0.4 is 0 Å². The van der Waals surface area contributed by atoms with Crippen LogP contribution in [0.25, 0.3) is 0 Å². The first-order valence-electron chi connectivity index (χ1n) is 6.24. The Bertz CT molecular complexity index is 432. The van der Waals surface area contributed by atoms with Crippen molar-refractivity contribution in [3.05, 3.63) is 21.9 Å². The third-order valence-corrected chi connectivity index (χ3v) is 3.99. The maximum Gasteiger partial charge on any atom is 0.0710 e. The Hall–Kier alpha value is -0.860. The quantitative estimate of drug-likeness (QED) is 0.841. The molecule has 1 fully saturated rings. The molecule has 0 aromatic carbocycles. The number of aliphatic hydroxyl groups is 1. The van der Waals surface area contributed by atoms with E-state index in [-0.39, 0.29) is 6.61 Å². The van der Waals surface area contributed by atoms with Gasteiger partial charge in [-0.05, 0) is 12.5 Å². The molecule has 1 saturated heterocycles. The van der Waals surface area contributed by atoms with Crippen molar-refractivity contribution in [2.45, 2.75) is 25.5 Å². The van der Waals surface area contributed by atoms with Gasteiger partial charge in [-0.15, -0.1) is 11.3 Å². The van der Waals surface area contributed by atoms with Crippen LogP contribution in [0.5, 0.6) is 0 Å². The Balaban J connectivity index is 1.86. The molecule has 1 aliphatic rings. The van der Waals surface area contributed by atoms with Crippen molar-refractivity contribution in [1.82, 2.24) is 4.90 Å². The average molecular weight is 265 g/mol. The lowest BCUT2D eigenvalue weighted by atomic mass is 10.3. The molecule has 1 N–H and O–H groups in total. The molecule has 1 aromatic heterocycles. The first-order valence-corrected chi connectivity index (χ1v) is 7.12. The molecule has 0 amide bonds. The number of thiophene rings is 1. The maximum absolute atomic E-state index is 8.67. The van der Waals surface area contributed by atoms with Crippen LogP contribution in [-0.2, 0) is 11.3 Å². The van der Waals surface area contributed by atoms with E-state index in [1.165, 1.54) is 4.88 Å². The second-order valence-corrected chi connectivity index (χ2v) is 5.45. The molecular weight excluding hydrogens is 246 g/mol. The second-order valence-electron chi connectivity index (χ2n) is 4.46. The van der Waals surface area contributed by atoms with Crippen molar-refractivity contribution in [1.29, 1.82) is 0 Å². The minimum atomic E-state index is 0.135. The van der Waals surface area contributed by atoms with Gasteiger partial charge in [0.2, 0.25) is 0 Å². The van der Waals surface area contributed by atoms with Gasteiger partial charge in [0.05, 0.1) is 12.7 Å². The molecule has 1 atom stereocenters. The van der Waals surface area contributed by atoms with E-state index in [9.17, 15) is 0 Å². The molecule has 1 unspecified atom stereocenters. The van der Waals surface area contributed by atoms with Gasteiger partial charge in [0.15, 0.2) is 0 Å². The van der Waals surface area contributed by atoms with Crippen LogP contribution in [0.2, 0.25) is 0 Å². The second kappa shape index (κ2) is 6.91. The highest BCUT2D eigenvalue weighted by Crippen LogP contribution is 2.20. The first-order chi connectivity index (χ1) is 8.81. The minimum Gasteiger partial charge on any atom is -0.395 e. The zero-order valence-electron chi connectivity index (χ0n) is 10.7. The van der Waals surface area contributed by atoms with Gasteiger partial charge in [0.25, 0.3) is 0 Å². The van der Waals surface area contributed by atoms with Crippen molar-refractivity contribution in [3.63, 3.8) is 0 Å². The summed E-state index contributed by atoms with van der Waals surface area (Å²) in [5.41, 5.74) is 1.06. The largest absolute Gasteiger partial charge is 0.395 e. The number of hydrogen-bond donors (Lipinski definition) is 1. The zero-order chi connectivity index (χ0) is 12.8. The fraction of sp³-hybridized carbons (Fsp3) is 0.571. The number of rotatable bonds is 4. The van der Waals surface area contributed by atoms with Crippen LogP contribution in [0.15, 0.2) is 11.4 Å². The molecule has 0 radical (unpaired) electrons. The summed E-state index contributed by atoms with van der Waals surface area (Å²) in [4.78, 5) is 3.77. The molecular formula is C14H19NO2S. The number of ether oxygens (including phenoxy) is 1. The van der Waals surface area contributed by atoms with E-state index < -0.39 is 0 Å².